The molecule has 16 heteroatoms. The molecule has 8 aromatic rings. The van der Waals surface area contributed by atoms with Crippen molar-refractivity contribution in [2.24, 2.45) is 14.1 Å². The first-order chi connectivity index (χ1) is 24.4. The summed E-state index contributed by atoms with van der Waals surface area (Å²) >= 11 is 6.36. The fourth-order valence-electron chi connectivity index (χ4n) is 4.84. The molecule has 0 saturated heterocycles. The number of aromatic nitrogens is 10. The van der Waals surface area contributed by atoms with E-state index in [9.17, 15) is 0 Å². The van der Waals surface area contributed by atoms with Crippen LogP contribution in [0.4, 0.5) is 0 Å². The third-order valence-electron chi connectivity index (χ3n) is 7.36. The van der Waals surface area contributed by atoms with Gasteiger partial charge < -0.3 is 18.2 Å². The lowest BCUT2D eigenvalue weighted by molar-refractivity contribution is 0.425. The fourth-order valence-corrected chi connectivity index (χ4v) is 7.62. The van der Waals surface area contributed by atoms with E-state index in [0.29, 0.717) is 34.9 Å². The molecule has 0 saturated carbocycles. The van der Waals surface area contributed by atoms with Gasteiger partial charge in [0.25, 0.3) is 11.8 Å². The summed E-state index contributed by atoms with van der Waals surface area (Å²) in [6.07, 6.45) is 0. The van der Waals surface area contributed by atoms with Crippen LogP contribution in [0, 0.1) is 13.8 Å². The van der Waals surface area contributed by atoms with Gasteiger partial charge in [-0.3, -0.25) is 0 Å². The van der Waals surface area contributed by atoms with E-state index in [0.717, 1.165) is 55.3 Å². The van der Waals surface area contributed by atoms with Crippen molar-refractivity contribution in [1.29, 1.82) is 0 Å². The Labute approximate surface area is 304 Å². The summed E-state index contributed by atoms with van der Waals surface area (Å²) in [5.74, 6) is 5.22. The lowest BCUT2D eigenvalue weighted by atomic mass is 10.1. The highest BCUT2D eigenvalue weighted by Gasteiger charge is 2.16. The lowest BCUT2D eigenvalue weighted by Crippen LogP contribution is -1.94. The van der Waals surface area contributed by atoms with Crippen LogP contribution in [0.15, 0.2) is 102 Å². The molecule has 0 bridgehead atoms. The Hall–Kier alpha value is -4.90. The van der Waals surface area contributed by atoms with Crippen LogP contribution in [0.3, 0.4) is 0 Å². The van der Waals surface area contributed by atoms with Gasteiger partial charge in [-0.15, -0.1) is 20.4 Å². The molecule has 6 heterocycles. The number of aryl methyl sites for hydroxylation is 2. The summed E-state index contributed by atoms with van der Waals surface area (Å²) in [6, 6.07) is 20.1. The second-order valence-electron chi connectivity index (χ2n) is 11.1. The molecule has 12 nitrogen and oxygen atoms in total. The van der Waals surface area contributed by atoms with Crippen molar-refractivity contribution >= 4 is 46.2 Å². The Bertz CT molecular complexity index is 2140. The highest BCUT2D eigenvalue weighted by atomic mass is 32.2. The van der Waals surface area contributed by atoms with Gasteiger partial charge in [0.1, 0.15) is 0 Å². The molecule has 50 heavy (non-hydrogen) atoms. The van der Waals surface area contributed by atoms with Gasteiger partial charge in [-0.2, -0.15) is 32.6 Å². The largest absolute Gasteiger partial charge is 0.334 e. The first-order valence-corrected chi connectivity index (χ1v) is 19.2. The van der Waals surface area contributed by atoms with E-state index in [-0.39, 0.29) is 0 Å². The van der Waals surface area contributed by atoms with E-state index < -0.39 is 0 Å². The molecule has 0 spiro atoms. The van der Waals surface area contributed by atoms with E-state index in [1.165, 1.54) is 23.5 Å². The Balaban J connectivity index is 0.000000157. The molecule has 0 aliphatic heterocycles. The van der Waals surface area contributed by atoms with Crippen molar-refractivity contribution in [1.82, 2.24) is 49.8 Å². The van der Waals surface area contributed by atoms with Gasteiger partial charge >= 0.3 is 0 Å². The van der Waals surface area contributed by atoms with Crippen LogP contribution in [0.2, 0.25) is 0 Å². The van der Waals surface area contributed by atoms with Crippen LogP contribution < -0.4 is 0 Å². The number of thioether (sulfide) groups is 2. The molecule has 0 amide bonds. The Kier molecular flexibility index (Phi) is 10.3. The molecular weight excluding hydrogens is 709 g/mol. The second-order valence-corrected chi connectivity index (χ2v) is 14.5. The first-order valence-electron chi connectivity index (χ1n) is 15.3. The maximum atomic E-state index is 5.37. The standard InChI is InChI=1S/2C17H15N5OS2/c2*1-11-4-3-5-12(8-11)16-18-14(21-23-16)10-25-17-20-19-15(22(17)2)13-6-7-24-9-13/h2*3-9H,10H2,1-2H3. The van der Waals surface area contributed by atoms with Gasteiger partial charge in [-0.05, 0) is 61.0 Å². The van der Waals surface area contributed by atoms with Crippen LogP contribution in [0.25, 0.3) is 45.7 Å². The van der Waals surface area contributed by atoms with E-state index >= 15 is 0 Å². The van der Waals surface area contributed by atoms with Crippen molar-refractivity contribution < 1.29 is 9.05 Å². The van der Waals surface area contributed by atoms with E-state index in [1.807, 2.05) is 109 Å². The van der Waals surface area contributed by atoms with Gasteiger partial charge in [0.05, 0.1) is 11.5 Å². The second kappa shape index (κ2) is 15.3. The Morgan fingerprint density at radius 1 is 0.600 bits per heavy atom. The number of nitrogens with zero attached hydrogens (tertiary/aromatic N) is 10. The summed E-state index contributed by atoms with van der Waals surface area (Å²) < 4.78 is 14.7. The highest BCUT2D eigenvalue weighted by molar-refractivity contribution is 7.98. The zero-order valence-corrected chi connectivity index (χ0v) is 30.7. The van der Waals surface area contributed by atoms with Crippen molar-refractivity contribution in [2.75, 3.05) is 0 Å². The third-order valence-corrected chi connectivity index (χ3v) is 10.8. The van der Waals surface area contributed by atoms with Crippen LogP contribution in [-0.2, 0) is 25.6 Å². The molecule has 0 aliphatic carbocycles. The zero-order chi connectivity index (χ0) is 34.5. The minimum Gasteiger partial charge on any atom is -0.334 e. The molecule has 0 radical (unpaired) electrons. The Morgan fingerprint density at radius 2 is 1.06 bits per heavy atom. The molecule has 0 fully saturated rings. The topological polar surface area (TPSA) is 139 Å². The van der Waals surface area contributed by atoms with Crippen LogP contribution >= 0.6 is 46.2 Å². The number of benzene rings is 2. The minimum absolute atomic E-state index is 0.538. The molecule has 2 aromatic carbocycles. The van der Waals surface area contributed by atoms with E-state index in [4.69, 9.17) is 9.05 Å². The maximum absolute atomic E-state index is 5.37. The number of rotatable bonds is 10. The predicted molar refractivity (Wildman–Crippen MR) is 197 cm³/mol. The summed E-state index contributed by atoms with van der Waals surface area (Å²) in [4.78, 5) is 8.94. The van der Waals surface area contributed by atoms with Crippen molar-refractivity contribution in [2.45, 2.75) is 35.7 Å². The van der Waals surface area contributed by atoms with Crippen LogP contribution in [0.5, 0.6) is 0 Å². The number of thiophene rings is 2. The molecule has 6 aromatic heterocycles. The van der Waals surface area contributed by atoms with Crippen LogP contribution in [-0.4, -0.2) is 49.8 Å². The van der Waals surface area contributed by atoms with E-state index in [2.05, 4.69) is 51.4 Å². The normalized spacial score (nSPS) is 11.1. The number of hydrogen-bond donors (Lipinski definition) is 0. The summed E-state index contributed by atoms with van der Waals surface area (Å²) in [6.45, 7) is 4.07. The molecule has 0 atom stereocenters. The lowest BCUT2D eigenvalue weighted by Gasteiger charge is -2.00. The summed E-state index contributed by atoms with van der Waals surface area (Å²) in [5, 5.41) is 35.0. The van der Waals surface area contributed by atoms with Crippen molar-refractivity contribution in [3.63, 3.8) is 0 Å². The molecule has 252 valence electrons. The average molecular weight is 739 g/mol. The molecule has 0 aliphatic rings. The maximum Gasteiger partial charge on any atom is 0.257 e. The Morgan fingerprint density at radius 3 is 1.46 bits per heavy atom. The fraction of sp³-hybridized carbons (Fsp3) is 0.176. The zero-order valence-electron chi connectivity index (χ0n) is 27.4. The molecule has 0 unspecified atom stereocenters. The van der Waals surface area contributed by atoms with Crippen molar-refractivity contribution in [3.05, 3.63) is 105 Å². The van der Waals surface area contributed by atoms with Gasteiger partial charge in [0, 0.05) is 47.1 Å². The highest BCUT2D eigenvalue weighted by Crippen LogP contribution is 2.28. The third kappa shape index (κ3) is 7.78. The molecule has 8 rings (SSSR count). The first kappa shape index (κ1) is 33.6. The summed E-state index contributed by atoms with van der Waals surface area (Å²) in [7, 11) is 3.92. The molecule has 0 N–H and O–H groups in total. The van der Waals surface area contributed by atoms with Gasteiger partial charge in [-0.25, -0.2) is 0 Å². The minimum atomic E-state index is 0.538. The van der Waals surface area contributed by atoms with Gasteiger partial charge in [0.15, 0.2) is 33.6 Å². The smallest absolute Gasteiger partial charge is 0.257 e. The monoisotopic (exact) mass is 738 g/mol. The van der Waals surface area contributed by atoms with Crippen molar-refractivity contribution in [3.8, 4) is 45.7 Å². The molecular formula is C34H30N10O2S4. The number of hydrogen-bond acceptors (Lipinski definition) is 14. The van der Waals surface area contributed by atoms with E-state index in [1.54, 1.807) is 22.7 Å². The van der Waals surface area contributed by atoms with Crippen LogP contribution in [0.1, 0.15) is 22.8 Å². The van der Waals surface area contributed by atoms with Gasteiger partial charge in [0.2, 0.25) is 0 Å². The predicted octanol–water partition coefficient (Wildman–Crippen LogP) is 8.39. The summed E-state index contributed by atoms with van der Waals surface area (Å²) in [5.41, 5.74) is 6.34. The quantitative estimate of drug-likeness (QED) is 0.125. The van der Waals surface area contributed by atoms with Gasteiger partial charge in [-0.1, -0.05) is 69.2 Å². The average Bonchev–Trinajstić information content (AvgIpc) is 3.96. The SMILES string of the molecule is Cc1cccc(-c2nc(CSc3nnc(-c4ccsc4)n3C)no2)c1.Cc1cccc(-c2nc(CSc3nnc(-c4ccsc4)n3C)no2)c1.